The summed E-state index contributed by atoms with van der Waals surface area (Å²) in [7, 11) is 3.84. The van der Waals surface area contributed by atoms with Gasteiger partial charge in [0, 0.05) is 129 Å². The van der Waals surface area contributed by atoms with Gasteiger partial charge in [-0.05, 0) is 150 Å². The predicted octanol–water partition coefficient (Wildman–Crippen LogP) is 11.4. The number of nitrogens with zero attached hydrogens (tertiary/aromatic N) is 18. The molecule has 4 saturated heterocycles. The van der Waals surface area contributed by atoms with Crippen molar-refractivity contribution in [3.8, 4) is 56.9 Å². The van der Waals surface area contributed by atoms with Crippen molar-refractivity contribution < 1.29 is 18.4 Å². The first-order valence-corrected chi connectivity index (χ1v) is 33.5. The first-order valence-electron chi connectivity index (χ1n) is 31.8. The molecule has 0 radical (unpaired) electrons. The first-order chi connectivity index (χ1) is 45.3. The van der Waals surface area contributed by atoms with E-state index in [1.54, 1.807) is 24.3 Å². The van der Waals surface area contributed by atoms with E-state index in [0.717, 1.165) is 127 Å². The number of hydrogen-bond donors (Lipinski definition) is 0. The lowest BCUT2D eigenvalue weighted by molar-refractivity contribution is -0.136. The standard InChI is InChI=1S/C69H68F2N18O2S2/c1-5-54-66(82(3)68-80-62(56(31-72)92-68)42-8-13-51(70)14-9-42)88-38-46(11-16-58(88)78-54)49-35-76-65(77-36-49)44-20-27-85(28-21-44)41-61(91)87-29-22-48(37-87)52-30-45(10-15-53(52)71)63-57(32-73)93-69(81-63)83(4)67-55(6-2)79-59-17-12-47(39-89(59)67)50-33-74-64(75-34-50)43-18-25-84(26-19-43)40-60(90)86-23-7-24-86/h8-17,30,33-36,38-39,43-44,48H,5-7,18-29,37,40-41H2,1-4H3. The number of carbonyl (C=O) groups is 2. The Hall–Kier alpha value is -9.46. The van der Waals surface area contributed by atoms with Gasteiger partial charge in [0.05, 0.1) is 24.5 Å². The fourth-order valence-corrected chi connectivity index (χ4v) is 15.1. The Balaban J connectivity index is 0.596. The molecular weight excluding hydrogens is 1220 g/mol. The molecule has 12 heterocycles. The molecule has 0 bridgehead atoms. The van der Waals surface area contributed by atoms with Crippen molar-refractivity contribution in [2.24, 2.45) is 0 Å². The van der Waals surface area contributed by atoms with Crippen molar-refractivity contribution in [2.75, 3.05) is 89.3 Å². The number of anilines is 4. The van der Waals surface area contributed by atoms with Gasteiger partial charge >= 0.3 is 0 Å². The minimum absolute atomic E-state index is 0.0171. The van der Waals surface area contributed by atoms with Crippen molar-refractivity contribution in [3.63, 3.8) is 0 Å². The van der Waals surface area contributed by atoms with Crippen molar-refractivity contribution in [3.05, 3.63) is 154 Å². The Kier molecular flexibility index (Phi) is 17.0. The van der Waals surface area contributed by atoms with E-state index in [2.05, 4.69) is 28.9 Å². The Morgan fingerprint density at radius 1 is 0.548 bits per heavy atom. The van der Waals surface area contributed by atoms with E-state index in [-0.39, 0.29) is 47.7 Å². The molecule has 2 amide bonds. The van der Waals surface area contributed by atoms with Gasteiger partial charge in [-0.15, -0.1) is 0 Å². The van der Waals surface area contributed by atoms with E-state index in [9.17, 15) is 24.5 Å². The molecule has 8 aromatic heterocycles. The zero-order valence-corrected chi connectivity index (χ0v) is 53.8. The molecule has 472 valence electrons. The van der Waals surface area contributed by atoms with Crippen LogP contribution in [0, 0.1) is 34.3 Å². The van der Waals surface area contributed by atoms with Crippen LogP contribution in [0.1, 0.15) is 108 Å². The number of nitriles is 2. The van der Waals surface area contributed by atoms with Gasteiger partial charge < -0.3 is 19.6 Å². The third kappa shape index (κ3) is 12.1. The highest BCUT2D eigenvalue weighted by atomic mass is 32.1. The smallest absolute Gasteiger partial charge is 0.236 e. The molecule has 10 aromatic rings. The van der Waals surface area contributed by atoms with E-state index < -0.39 is 0 Å². The van der Waals surface area contributed by atoms with Crippen molar-refractivity contribution in [1.82, 2.24) is 68.3 Å². The number of benzene rings is 2. The number of amides is 2. The summed E-state index contributed by atoms with van der Waals surface area (Å²) < 4.78 is 33.8. The van der Waals surface area contributed by atoms with Gasteiger partial charge in [-0.3, -0.25) is 28.2 Å². The quantitative estimate of drug-likeness (QED) is 0.0829. The van der Waals surface area contributed by atoms with Crippen LogP contribution in [0.25, 0.3) is 56.1 Å². The number of pyridine rings is 2. The molecule has 4 aliphatic rings. The van der Waals surface area contributed by atoms with Gasteiger partial charge in [-0.2, -0.15) is 10.5 Å². The number of halogens is 2. The number of aromatic nitrogens is 10. The molecule has 20 nitrogen and oxygen atoms in total. The van der Waals surface area contributed by atoms with E-state index in [1.807, 2.05) is 111 Å². The van der Waals surface area contributed by atoms with Crippen LogP contribution >= 0.6 is 22.7 Å². The molecule has 0 spiro atoms. The van der Waals surface area contributed by atoms with Gasteiger partial charge in [-0.25, -0.2) is 48.7 Å². The monoisotopic (exact) mass is 1280 g/mol. The van der Waals surface area contributed by atoms with Gasteiger partial charge in [-0.1, -0.05) is 36.5 Å². The molecule has 24 heteroatoms. The van der Waals surface area contributed by atoms with Crippen molar-refractivity contribution in [1.29, 1.82) is 10.5 Å². The van der Waals surface area contributed by atoms with E-state index >= 15 is 4.39 Å². The number of fused-ring (bicyclic) bond motifs is 2. The molecule has 0 N–H and O–H groups in total. The second-order valence-electron chi connectivity index (χ2n) is 24.5. The normalized spacial score (nSPS) is 16.7. The molecule has 0 aliphatic carbocycles. The third-order valence-electron chi connectivity index (χ3n) is 18.8. The van der Waals surface area contributed by atoms with Gasteiger partial charge in [0.1, 0.15) is 79.5 Å². The summed E-state index contributed by atoms with van der Waals surface area (Å²) in [6, 6.07) is 23.5. The summed E-state index contributed by atoms with van der Waals surface area (Å²) in [5, 5.41) is 21.7. The SMILES string of the molecule is CCc1nc2ccc(-c3cnc(C4CCN(CC(=O)N5CCC(c6cc(-c7nc(N(C)c8c(CC)nc9ccc(-c%10cnc(C%11CCN(CC(=O)N%12CCC%12)CC%11)nc%10)cn89)sc7C#N)ccc6F)C5)CC4)nc3)cn2c1N(C)c1nc(-c2ccc(F)cc2)c(C#N)s1. The number of hydrogen-bond acceptors (Lipinski definition) is 18. The molecule has 2 aromatic carbocycles. The minimum atomic E-state index is -0.359. The Morgan fingerprint density at radius 2 is 1.00 bits per heavy atom. The summed E-state index contributed by atoms with van der Waals surface area (Å²) in [6.45, 7) is 10.6. The van der Waals surface area contributed by atoms with Gasteiger partial charge in [0.2, 0.25) is 11.8 Å². The summed E-state index contributed by atoms with van der Waals surface area (Å²) in [6.07, 6.45) is 18.0. The van der Waals surface area contributed by atoms with Crippen LogP contribution < -0.4 is 9.80 Å². The predicted molar refractivity (Wildman–Crippen MR) is 354 cm³/mol. The number of rotatable bonds is 17. The number of aryl methyl sites for hydroxylation is 2. The minimum Gasteiger partial charge on any atom is -0.341 e. The summed E-state index contributed by atoms with van der Waals surface area (Å²) in [5.41, 5.74) is 9.57. The fourth-order valence-electron chi connectivity index (χ4n) is 13.4. The summed E-state index contributed by atoms with van der Waals surface area (Å²) in [4.78, 5) is 78.8. The van der Waals surface area contributed by atoms with Crippen LogP contribution in [0.4, 0.5) is 30.7 Å². The van der Waals surface area contributed by atoms with Crippen molar-refractivity contribution >= 4 is 67.7 Å². The second-order valence-corrected chi connectivity index (χ2v) is 26.5. The number of piperidine rings is 2. The maximum Gasteiger partial charge on any atom is 0.236 e. The lowest BCUT2D eigenvalue weighted by Gasteiger charge is -2.35. The fraction of sp³-hybridized carbons (Fsp3) is 0.362. The largest absolute Gasteiger partial charge is 0.341 e. The summed E-state index contributed by atoms with van der Waals surface area (Å²) in [5.74, 6) is 2.90. The number of likely N-dealkylation sites (tertiary alicyclic amines) is 4. The molecule has 1 atom stereocenters. The molecule has 14 rings (SSSR count). The molecule has 4 aliphatic heterocycles. The maximum absolute atomic E-state index is 16.0. The third-order valence-corrected chi connectivity index (χ3v) is 20.9. The highest BCUT2D eigenvalue weighted by molar-refractivity contribution is 7.17. The van der Waals surface area contributed by atoms with Crippen LogP contribution in [0.5, 0.6) is 0 Å². The maximum atomic E-state index is 16.0. The highest BCUT2D eigenvalue weighted by Gasteiger charge is 2.34. The number of thiazole rings is 2. The van der Waals surface area contributed by atoms with Crippen LogP contribution in [-0.4, -0.2) is 160 Å². The molecule has 0 saturated carbocycles. The summed E-state index contributed by atoms with van der Waals surface area (Å²) >= 11 is 2.54. The lowest BCUT2D eigenvalue weighted by Crippen LogP contribution is -2.48. The zero-order chi connectivity index (χ0) is 64.0. The van der Waals surface area contributed by atoms with E-state index in [0.29, 0.717) is 100 Å². The van der Waals surface area contributed by atoms with Crippen LogP contribution in [-0.2, 0) is 22.4 Å². The Bertz CT molecular complexity index is 4530. The van der Waals surface area contributed by atoms with Crippen LogP contribution in [0.3, 0.4) is 0 Å². The van der Waals surface area contributed by atoms with Crippen LogP contribution in [0.2, 0.25) is 0 Å². The highest BCUT2D eigenvalue weighted by Crippen LogP contribution is 2.42. The van der Waals surface area contributed by atoms with Crippen LogP contribution in [0.15, 0.2) is 104 Å². The molecule has 1 unspecified atom stereocenters. The topological polar surface area (TPSA) is 213 Å². The Morgan fingerprint density at radius 3 is 1.46 bits per heavy atom. The second kappa shape index (κ2) is 25.9. The lowest BCUT2D eigenvalue weighted by atomic mass is 9.95. The van der Waals surface area contributed by atoms with E-state index in [1.165, 1.54) is 40.9 Å². The Labute approximate surface area is 545 Å². The van der Waals surface area contributed by atoms with Crippen molar-refractivity contribution in [2.45, 2.75) is 83.0 Å². The number of carbonyl (C=O) groups excluding carboxylic acids is 2. The average molecular weight is 1280 g/mol. The molecular formula is C69H68F2N18O2S2. The first kappa shape index (κ1) is 61.1. The number of imidazole rings is 2. The molecule has 93 heavy (non-hydrogen) atoms. The van der Waals surface area contributed by atoms with Gasteiger partial charge in [0.25, 0.3) is 0 Å². The molecule has 4 fully saturated rings. The van der Waals surface area contributed by atoms with E-state index in [4.69, 9.17) is 39.9 Å². The van der Waals surface area contributed by atoms with Gasteiger partial charge in [0.15, 0.2) is 10.3 Å². The average Bonchev–Trinajstić information content (AvgIpc) is 1.64. The zero-order valence-electron chi connectivity index (χ0n) is 52.2.